The minimum Gasteiger partial charge on any atom is -0.486 e. The average molecular weight is 356 g/mol. The summed E-state index contributed by atoms with van der Waals surface area (Å²) in [5.41, 5.74) is 0.922. The van der Waals surface area contributed by atoms with Gasteiger partial charge in [-0.3, -0.25) is 0 Å². The van der Waals surface area contributed by atoms with Gasteiger partial charge in [0.15, 0.2) is 11.6 Å². The summed E-state index contributed by atoms with van der Waals surface area (Å²) in [7, 11) is 0. The van der Waals surface area contributed by atoms with Crippen LogP contribution < -0.4 is 10.1 Å². The van der Waals surface area contributed by atoms with E-state index < -0.39 is 0 Å². The Kier molecular flexibility index (Phi) is 5.82. The summed E-state index contributed by atoms with van der Waals surface area (Å²) in [5.74, 6) is 1.26. The first-order valence-electron chi connectivity index (χ1n) is 6.90. The maximum Gasteiger partial charge on any atom is 0.165 e. The predicted molar refractivity (Wildman–Crippen MR) is 83.7 cm³/mol. The molecule has 0 radical (unpaired) electrons. The topological polar surface area (TPSA) is 34.4 Å². The molecule has 2 rings (SSSR count). The van der Waals surface area contributed by atoms with Crippen molar-refractivity contribution in [3.63, 3.8) is 0 Å². The maximum absolute atomic E-state index is 13.6. The molecular weight excluding hydrogens is 337 g/mol. The fraction of sp³-hybridized carbons (Fsp3) is 0.375. The first-order valence-corrected chi connectivity index (χ1v) is 7.69. The van der Waals surface area contributed by atoms with Gasteiger partial charge in [0.05, 0.1) is 12.8 Å². The van der Waals surface area contributed by atoms with E-state index in [2.05, 4.69) is 35.1 Å². The lowest BCUT2D eigenvalue weighted by Crippen LogP contribution is -2.19. The van der Waals surface area contributed by atoms with Crippen molar-refractivity contribution in [2.75, 3.05) is 6.54 Å². The van der Waals surface area contributed by atoms with Crippen molar-refractivity contribution < 1.29 is 13.5 Å². The van der Waals surface area contributed by atoms with Crippen molar-refractivity contribution in [3.05, 3.63) is 52.1 Å². The van der Waals surface area contributed by atoms with Gasteiger partial charge in [-0.1, -0.05) is 29.8 Å². The smallest absolute Gasteiger partial charge is 0.165 e. The lowest BCUT2D eigenvalue weighted by atomic mass is 10.2. The molecule has 114 valence electrons. The van der Waals surface area contributed by atoms with Crippen molar-refractivity contribution >= 4 is 15.9 Å². The van der Waals surface area contributed by atoms with Crippen LogP contribution in [0.25, 0.3) is 0 Å². The molecule has 21 heavy (non-hydrogen) atoms. The summed E-state index contributed by atoms with van der Waals surface area (Å²) < 4.78 is 25.4. The minimum absolute atomic E-state index is 0.228. The van der Waals surface area contributed by atoms with Gasteiger partial charge in [0.1, 0.15) is 12.4 Å². The van der Waals surface area contributed by atoms with Crippen molar-refractivity contribution in [1.82, 2.24) is 5.32 Å². The van der Waals surface area contributed by atoms with E-state index in [0.29, 0.717) is 12.5 Å². The lowest BCUT2D eigenvalue weighted by molar-refractivity contribution is 0.286. The highest BCUT2D eigenvalue weighted by molar-refractivity contribution is 9.10. The molecule has 0 aliphatic rings. The van der Waals surface area contributed by atoms with Gasteiger partial charge in [-0.25, -0.2) is 4.39 Å². The zero-order valence-corrected chi connectivity index (χ0v) is 13.7. The number of halogens is 2. The number of nitrogens with one attached hydrogen (secondary N) is 1. The minimum atomic E-state index is -0.374. The maximum atomic E-state index is 13.6. The zero-order chi connectivity index (χ0) is 15.2. The molecule has 0 atom stereocenters. The van der Waals surface area contributed by atoms with Crippen LogP contribution in [-0.2, 0) is 13.2 Å². The second kappa shape index (κ2) is 7.61. The van der Waals surface area contributed by atoms with E-state index in [9.17, 15) is 4.39 Å². The summed E-state index contributed by atoms with van der Waals surface area (Å²) in [4.78, 5) is 0. The summed E-state index contributed by atoms with van der Waals surface area (Å²) in [6, 6.07) is 6.48. The third-order valence-corrected chi connectivity index (χ3v) is 3.45. The molecule has 1 heterocycles. The molecular formula is C16H19BrFNO2. The molecule has 0 fully saturated rings. The molecule has 1 N–H and O–H groups in total. The largest absolute Gasteiger partial charge is 0.486 e. The van der Waals surface area contributed by atoms with Crippen LogP contribution in [0, 0.1) is 11.7 Å². The van der Waals surface area contributed by atoms with Crippen molar-refractivity contribution in [2.24, 2.45) is 5.92 Å². The van der Waals surface area contributed by atoms with Crippen LogP contribution in [0.15, 0.2) is 39.4 Å². The van der Waals surface area contributed by atoms with Crippen LogP contribution in [0.1, 0.15) is 25.2 Å². The molecule has 1 aromatic carbocycles. The number of rotatable bonds is 7. The summed E-state index contributed by atoms with van der Waals surface area (Å²) >= 11 is 3.30. The molecule has 0 unspecified atom stereocenters. The Balaban J connectivity index is 1.94. The molecule has 0 amide bonds. The number of hydrogen-bond acceptors (Lipinski definition) is 3. The fourth-order valence-electron chi connectivity index (χ4n) is 1.87. The summed E-state index contributed by atoms with van der Waals surface area (Å²) in [5, 5.41) is 3.32. The van der Waals surface area contributed by atoms with Gasteiger partial charge in [-0.15, -0.1) is 0 Å². The van der Waals surface area contributed by atoms with Crippen LogP contribution in [-0.4, -0.2) is 6.54 Å². The van der Waals surface area contributed by atoms with E-state index >= 15 is 0 Å². The Morgan fingerprint density at radius 3 is 2.90 bits per heavy atom. The summed E-state index contributed by atoms with van der Waals surface area (Å²) in [6.07, 6.45) is 1.63. The number of benzene rings is 1. The van der Waals surface area contributed by atoms with Crippen LogP contribution in [0.5, 0.6) is 5.75 Å². The Bertz CT molecular complexity index is 583. The molecule has 0 bridgehead atoms. The van der Waals surface area contributed by atoms with Gasteiger partial charge in [-0.2, -0.15) is 0 Å². The molecule has 0 aliphatic carbocycles. The molecule has 3 nitrogen and oxygen atoms in total. The lowest BCUT2D eigenvalue weighted by Gasteiger charge is -2.09. The average Bonchev–Trinajstić information content (AvgIpc) is 2.87. The summed E-state index contributed by atoms with van der Waals surface area (Å²) in [6.45, 7) is 6.14. The second-order valence-electron chi connectivity index (χ2n) is 5.26. The predicted octanol–water partition coefficient (Wildman–Crippen LogP) is 4.51. The first-order chi connectivity index (χ1) is 10.1. The fourth-order valence-corrected chi connectivity index (χ4v) is 2.21. The van der Waals surface area contributed by atoms with Gasteiger partial charge in [-0.05, 0) is 36.7 Å². The zero-order valence-electron chi connectivity index (χ0n) is 12.2. The molecule has 1 aromatic heterocycles. The monoisotopic (exact) mass is 355 g/mol. The Morgan fingerprint density at radius 1 is 1.33 bits per heavy atom. The van der Waals surface area contributed by atoms with Crippen molar-refractivity contribution in [2.45, 2.75) is 27.0 Å². The molecule has 0 saturated carbocycles. The normalized spacial score (nSPS) is 11.1. The third kappa shape index (κ3) is 4.86. The third-order valence-electron chi connectivity index (χ3n) is 2.95. The van der Waals surface area contributed by atoms with Gasteiger partial charge in [0.25, 0.3) is 0 Å². The van der Waals surface area contributed by atoms with E-state index in [1.165, 1.54) is 6.07 Å². The van der Waals surface area contributed by atoms with Crippen molar-refractivity contribution in [3.8, 4) is 5.75 Å². The van der Waals surface area contributed by atoms with Gasteiger partial charge in [0.2, 0.25) is 0 Å². The Labute approximate surface area is 132 Å². The van der Waals surface area contributed by atoms with Crippen LogP contribution in [0.4, 0.5) is 4.39 Å². The molecule has 0 spiro atoms. The quantitative estimate of drug-likeness (QED) is 0.793. The molecule has 0 aliphatic heterocycles. The van der Waals surface area contributed by atoms with Gasteiger partial charge in [0, 0.05) is 10.0 Å². The number of furan rings is 1. The first kappa shape index (κ1) is 16.0. The molecule has 0 saturated heterocycles. The van der Waals surface area contributed by atoms with Gasteiger partial charge < -0.3 is 14.5 Å². The van der Waals surface area contributed by atoms with E-state index in [1.807, 2.05) is 6.07 Å². The van der Waals surface area contributed by atoms with Crippen LogP contribution in [0.3, 0.4) is 0 Å². The molecule has 5 heteroatoms. The Morgan fingerprint density at radius 2 is 2.14 bits per heavy atom. The SMILES string of the molecule is CC(C)CNCc1occc1COc1cc(Br)ccc1F. The number of ether oxygens (including phenoxy) is 1. The van der Waals surface area contributed by atoms with Crippen LogP contribution >= 0.6 is 15.9 Å². The highest BCUT2D eigenvalue weighted by Crippen LogP contribution is 2.23. The van der Waals surface area contributed by atoms with Crippen LogP contribution in [0.2, 0.25) is 0 Å². The van der Waals surface area contributed by atoms with Crippen molar-refractivity contribution in [1.29, 1.82) is 0 Å². The standard InChI is InChI=1S/C16H19BrFNO2/c1-11(2)8-19-9-16-12(5-6-20-16)10-21-15-7-13(17)3-4-14(15)18/h3-7,11,19H,8-10H2,1-2H3. The van der Waals surface area contributed by atoms with E-state index in [4.69, 9.17) is 9.15 Å². The number of hydrogen-bond donors (Lipinski definition) is 1. The van der Waals surface area contributed by atoms with Gasteiger partial charge >= 0.3 is 0 Å². The highest BCUT2D eigenvalue weighted by Gasteiger charge is 2.09. The van der Waals surface area contributed by atoms with E-state index in [0.717, 1.165) is 22.3 Å². The Hall–Kier alpha value is -1.33. The second-order valence-corrected chi connectivity index (χ2v) is 6.17. The highest BCUT2D eigenvalue weighted by atomic mass is 79.9. The van der Waals surface area contributed by atoms with E-state index in [1.54, 1.807) is 18.4 Å². The molecule has 2 aromatic rings. The van der Waals surface area contributed by atoms with E-state index in [-0.39, 0.29) is 18.2 Å².